The topological polar surface area (TPSA) is 85.1 Å². The fourth-order valence-corrected chi connectivity index (χ4v) is 2.84. The van der Waals surface area contributed by atoms with E-state index in [0.717, 1.165) is 17.7 Å². The summed E-state index contributed by atoms with van der Waals surface area (Å²) in [6, 6.07) is 3.31. The molecule has 2 aromatic rings. The largest absolute Gasteiger partial charge is 0.399 e. The molecule has 0 radical (unpaired) electrons. The predicted octanol–water partition coefficient (Wildman–Crippen LogP) is 1.73. The van der Waals surface area contributed by atoms with Gasteiger partial charge in [-0.05, 0) is 36.2 Å². The average Bonchev–Trinajstić information content (AvgIpc) is 2.42. The molecule has 0 aliphatic heterocycles. The first-order valence-corrected chi connectivity index (χ1v) is 7.43. The number of nitrogen functional groups attached to an aromatic ring is 1. The van der Waals surface area contributed by atoms with E-state index in [1.165, 1.54) is 6.20 Å². The molecule has 0 bridgehead atoms. The van der Waals surface area contributed by atoms with Gasteiger partial charge in [0.2, 0.25) is 10.0 Å². The molecule has 0 saturated carbocycles. The quantitative estimate of drug-likeness (QED) is 0.842. The number of aryl methyl sites for hydroxylation is 1. The van der Waals surface area contributed by atoms with Crippen LogP contribution in [-0.4, -0.2) is 13.4 Å². The highest BCUT2D eigenvalue weighted by Crippen LogP contribution is 2.21. The third-order valence-corrected chi connectivity index (χ3v) is 4.31. The van der Waals surface area contributed by atoms with Crippen LogP contribution in [0.15, 0.2) is 35.5 Å². The summed E-state index contributed by atoms with van der Waals surface area (Å²) in [5, 5.41) is 0. The van der Waals surface area contributed by atoms with Gasteiger partial charge in [-0.25, -0.2) is 21.9 Å². The molecule has 8 heteroatoms. The monoisotopic (exact) mass is 313 g/mol. The van der Waals surface area contributed by atoms with Crippen molar-refractivity contribution in [2.24, 2.45) is 0 Å². The van der Waals surface area contributed by atoms with Gasteiger partial charge in [0, 0.05) is 24.6 Å². The normalized spacial score (nSPS) is 11.6. The second kappa shape index (κ2) is 5.74. The fourth-order valence-electron chi connectivity index (χ4n) is 1.71. The van der Waals surface area contributed by atoms with Crippen molar-refractivity contribution < 1.29 is 17.2 Å². The summed E-state index contributed by atoms with van der Waals surface area (Å²) in [6.07, 6.45) is 3.06. The van der Waals surface area contributed by atoms with Crippen molar-refractivity contribution in [1.29, 1.82) is 0 Å². The third-order valence-electron chi connectivity index (χ3n) is 2.91. The number of nitrogens with one attached hydrogen (secondary N) is 1. The van der Waals surface area contributed by atoms with Crippen LogP contribution in [0, 0.1) is 18.6 Å². The third kappa shape index (κ3) is 3.34. The summed E-state index contributed by atoms with van der Waals surface area (Å²) in [4.78, 5) is 3.06. The minimum atomic E-state index is -4.22. The molecule has 1 aromatic heterocycles. The van der Waals surface area contributed by atoms with Gasteiger partial charge in [-0.15, -0.1) is 0 Å². The van der Waals surface area contributed by atoms with Crippen LogP contribution in [0.5, 0.6) is 0 Å². The smallest absolute Gasteiger partial charge is 0.243 e. The van der Waals surface area contributed by atoms with Crippen LogP contribution >= 0.6 is 0 Å². The van der Waals surface area contributed by atoms with E-state index in [1.807, 2.05) is 0 Å². The number of anilines is 1. The molecular weight excluding hydrogens is 300 g/mol. The number of rotatable bonds is 4. The molecule has 1 heterocycles. The molecule has 0 fully saturated rings. The molecule has 0 atom stereocenters. The van der Waals surface area contributed by atoms with Crippen LogP contribution in [-0.2, 0) is 16.6 Å². The number of halogens is 2. The molecule has 5 nitrogen and oxygen atoms in total. The standard InChI is InChI=1S/C13H13F2N3O2S/c1-8-2-3-17-6-9(8)7-18-21(19,20)12-5-10(16)4-11(14)13(12)15/h2-6,18H,7,16H2,1H3. The van der Waals surface area contributed by atoms with E-state index < -0.39 is 26.6 Å². The highest BCUT2D eigenvalue weighted by molar-refractivity contribution is 7.89. The molecule has 0 amide bonds. The summed E-state index contributed by atoms with van der Waals surface area (Å²) < 4.78 is 53.2. The summed E-state index contributed by atoms with van der Waals surface area (Å²) in [5.41, 5.74) is 6.63. The Morgan fingerprint density at radius 1 is 1.33 bits per heavy atom. The van der Waals surface area contributed by atoms with Gasteiger partial charge in [-0.1, -0.05) is 0 Å². The molecule has 0 aliphatic carbocycles. The van der Waals surface area contributed by atoms with Crippen LogP contribution in [0.3, 0.4) is 0 Å². The van der Waals surface area contributed by atoms with Crippen molar-refractivity contribution in [2.75, 3.05) is 5.73 Å². The lowest BCUT2D eigenvalue weighted by atomic mass is 10.2. The number of hydrogen-bond donors (Lipinski definition) is 2. The highest BCUT2D eigenvalue weighted by Gasteiger charge is 2.22. The zero-order valence-electron chi connectivity index (χ0n) is 11.1. The number of aromatic nitrogens is 1. The van der Waals surface area contributed by atoms with Gasteiger partial charge < -0.3 is 5.73 Å². The molecule has 0 spiro atoms. The first-order chi connectivity index (χ1) is 9.81. The lowest BCUT2D eigenvalue weighted by Gasteiger charge is -2.10. The van der Waals surface area contributed by atoms with Crippen LogP contribution in [0.1, 0.15) is 11.1 Å². The van der Waals surface area contributed by atoms with E-state index in [-0.39, 0.29) is 12.2 Å². The maximum Gasteiger partial charge on any atom is 0.243 e. The van der Waals surface area contributed by atoms with Crippen LogP contribution < -0.4 is 10.5 Å². The number of pyridine rings is 1. The molecule has 0 unspecified atom stereocenters. The first-order valence-electron chi connectivity index (χ1n) is 5.95. The number of hydrogen-bond acceptors (Lipinski definition) is 4. The summed E-state index contributed by atoms with van der Waals surface area (Å²) in [5.74, 6) is -2.77. The van der Waals surface area contributed by atoms with E-state index in [4.69, 9.17) is 5.73 Å². The predicted molar refractivity (Wildman–Crippen MR) is 73.8 cm³/mol. The summed E-state index contributed by atoms with van der Waals surface area (Å²) in [6.45, 7) is 1.70. The van der Waals surface area contributed by atoms with Gasteiger partial charge in [0.15, 0.2) is 11.6 Å². The minimum absolute atomic E-state index is 0.0855. The Hall–Kier alpha value is -2.06. The number of nitrogens with zero attached hydrogens (tertiary/aromatic N) is 1. The van der Waals surface area contributed by atoms with E-state index >= 15 is 0 Å². The zero-order valence-corrected chi connectivity index (χ0v) is 11.9. The Morgan fingerprint density at radius 3 is 2.71 bits per heavy atom. The molecule has 3 N–H and O–H groups in total. The number of sulfonamides is 1. The number of nitrogens with two attached hydrogens (primary N) is 1. The van der Waals surface area contributed by atoms with Crippen molar-refractivity contribution in [1.82, 2.24) is 9.71 Å². The minimum Gasteiger partial charge on any atom is -0.399 e. The van der Waals surface area contributed by atoms with Gasteiger partial charge in [0.1, 0.15) is 4.90 Å². The van der Waals surface area contributed by atoms with E-state index in [2.05, 4.69) is 9.71 Å². The van der Waals surface area contributed by atoms with Crippen molar-refractivity contribution in [3.8, 4) is 0 Å². The number of benzene rings is 1. The van der Waals surface area contributed by atoms with Crippen molar-refractivity contribution in [2.45, 2.75) is 18.4 Å². The summed E-state index contributed by atoms with van der Waals surface area (Å²) in [7, 11) is -4.22. The SMILES string of the molecule is Cc1ccncc1CNS(=O)(=O)c1cc(N)cc(F)c1F. The zero-order chi connectivity index (χ0) is 15.6. The van der Waals surface area contributed by atoms with Crippen LogP contribution in [0.2, 0.25) is 0 Å². The van der Waals surface area contributed by atoms with Gasteiger partial charge in [-0.2, -0.15) is 0 Å². The van der Waals surface area contributed by atoms with Crippen LogP contribution in [0.4, 0.5) is 14.5 Å². The molecule has 2 rings (SSSR count). The van der Waals surface area contributed by atoms with Crippen molar-refractivity contribution >= 4 is 15.7 Å². The molecule has 0 aliphatic rings. The highest BCUT2D eigenvalue weighted by atomic mass is 32.2. The molecule has 112 valence electrons. The van der Waals surface area contributed by atoms with Crippen LogP contribution in [0.25, 0.3) is 0 Å². The van der Waals surface area contributed by atoms with Gasteiger partial charge in [-0.3, -0.25) is 4.98 Å². The fraction of sp³-hybridized carbons (Fsp3) is 0.154. The Morgan fingerprint density at radius 2 is 2.05 bits per heavy atom. The maximum atomic E-state index is 13.6. The Labute approximate surface area is 120 Å². The van der Waals surface area contributed by atoms with Gasteiger partial charge >= 0.3 is 0 Å². The molecule has 0 saturated heterocycles. The molecule has 21 heavy (non-hydrogen) atoms. The molecule has 1 aromatic carbocycles. The lowest BCUT2D eigenvalue weighted by Crippen LogP contribution is -2.25. The summed E-state index contributed by atoms with van der Waals surface area (Å²) >= 11 is 0. The lowest BCUT2D eigenvalue weighted by molar-refractivity contribution is 0.483. The van der Waals surface area contributed by atoms with E-state index in [0.29, 0.717) is 5.56 Å². The first kappa shape index (κ1) is 15.3. The Kier molecular flexibility index (Phi) is 4.19. The second-order valence-electron chi connectivity index (χ2n) is 4.44. The van der Waals surface area contributed by atoms with Gasteiger partial charge in [0.05, 0.1) is 0 Å². The Bertz CT molecular complexity index is 779. The molecular formula is C13H13F2N3O2S. The van der Waals surface area contributed by atoms with Gasteiger partial charge in [0.25, 0.3) is 0 Å². The van der Waals surface area contributed by atoms with E-state index in [1.54, 1.807) is 19.2 Å². The average molecular weight is 313 g/mol. The van der Waals surface area contributed by atoms with Crippen molar-refractivity contribution in [3.63, 3.8) is 0 Å². The van der Waals surface area contributed by atoms with E-state index in [9.17, 15) is 17.2 Å². The Balaban J connectivity index is 2.30. The maximum absolute atomic E-state index is 13.6. The second-order valence-corrected chi connectivity index (χ2v) is 6.18. The van der Waals surface area contributed by atoms with Crippen molar-refractivity contribution in [3.05, 3.63) is 53.4 Å².